The molecule has 0 aromatic heterocycles. The van der Waals surface area contributed by atoms with E-state index < -0.39 is 0 Å². The van der Waals surface area contributed by atoms with E-state index in [1.807, 2.05) is 0 Å². The van der Waals surface area contributed by atoms with Gasteiger partial charge in [-0.25, -0.2) is 0 Å². The fourth-order valence-corrected chi connectivity index (χ4v) is 2.69. The van der Waals surface area contributed by atoms with Crippen molar-refractivity contribution in [2.24, 2.45) is 0 Å². The van der Waals surface area contributed by atoms with Gasteiger partial charge in [0.25, 0.3) is 0 Å². The molecule has 2 unspecified atom stereocenters. The van der Waals surface area contributed by atoms with E-state index in [-0.39, 0.29) is 0 Å². The third kappa shape index (κ3) is 3.44. The second kappa shape index (κ2) is 5.83. The van der Waals surface area contributed by atoms with Crippen molar-refractivity contribution in [2.75, 3.05) is 32.8 Å². The Morgan fingerprint density at radius 1 is 1.33 bits per heavy atom. The molecule has 2 aliphatic heterocycles. The maximum atomic E-state index is 5.49. The Balaban J connectivity index is 1.72. The summed E-state index contributed by atoms with van der Waals surface area (Å²) in [5, 5.41) is 3.54. The number of rotatable bonds is 3. The molecule has 0 saturated carbocycles. The minimum atomic E-state index is 0.579. The third-order valence-corrected chi connectivity index (χ3v) is 3.64. The van der Waals surface area contributed by atoms with Crippen LogP contribution in [-0.4, -0.2) is 49.8 Å². The minimum Gasteiger partial charge on any atom is -0.379 e. The van der Waals surface area contributed by atoms with Gasteiger partial charge < -0.3 is 15.0 Å². The summed E-state index contributed by atoms with van der Waals surface area (Å²) >= 11 is 0. The van der Waals surface area contributed by atoms with Crippen LogP contribution in [0.1, 0.15) is 32.6 Å². The van der Waals surface area contributed by atoms with Crippen LogP contribution >= 0.6 is 0 Å². The number of hydrogen-bond donors (Lipinski definition) is 1. The number of piperidine rings is 1. The Morgan fingerprint density at radius 2 is 2.13 bits per heavy atom. The molecule has 0 bridgehead atoms. The lowest BCUT2D eigenvalue weighted by atomic mass is 10.0. The summed E-state index contributed by atoms with van der Waals surface area (Å²) in [5.74, 6) is 0. The predicted molar refractivity (Wildman–Crippen MR) is 62.1 cm³/mol. The molecule has 88 valence electrons. The summed E-state index contributed by atoms with van der Waals surface area (Å²) in [4.78, 5) is 2.64. The van der Waals surface area contributed by atoms with Crippen LogP contribution in [0.25, 0.3) is 0 Å². The molecule has 3 nitrogen and oxygen atoms in total. The zero-order chi connectivity index (χ0) is 10.5. The fourth-order valence-electron chi connectivity index (χ4n) is 2.69. The first-order valence-electron chi connectivity index (χ1n) is 6.41. The number of nitrogens with one attached hydrogen (secondary N) is 1. The molecule has 2 atom stereocenters. The maximum Gasteiger partial charge on any atom is 0.0620 e. The standard InChI is InChI=1S/C12H24N2O/c1-11(14-6-3-2-4-7-14)9-12-10-15-8-5-13-12/h11-13H,2-10H2,1H3. The number of ether oxygens (including phenoxy) is 1. The molecule has 2 saturated heterocycles. The number of hydrogen-bond acceptors (Lipinski definition) is 3. The quantitative estimate of drug-likeness (QED) is 0.762. The van der Waals surface area contributed by atoms with Crippen LogP contribution in [-0.2, 0) is 4.74 Å². The van der Waals surface area contributed by atoms with E-state index in [0.717, 1.165) is 19.8 Å². The lowest BCUT2D eigenvalue weighted by Crippen LogP contribution is -2.47. The molecular formula is C12H24N2O. The highest BCUT2D eigenvalue weighted by atomic mass is 16.5. The maximum absolute atomic E-state index is 5.49. The summed E-state index contributed by atoms with van der Waals surface area (Å²) in [6.45, 7) is 7.77. The Morgan fingerprint density at radius 3 is 2.80 bits per heavy atom. The molecular weight excluding hydrogens is 188 g/mol. The predicted octanol–water partition coefficient (Wildman–Crippen LogP) is 1.24. The van der Waals surface area contributed by atoms with Crippen LogP contribution in [0, 0.1) is 0 Å². The lowest BCUT2D eigenvalue weighted by molar-refractivity contribution is 0.0593. The highest BCUT2D eigenvalue weighted by molar-refractivity contribution is 4.79. The zero-order valence-corrected chi connectivity index (χ0v) is 9.87. The van der Waals surface area contributed by atoms with Crippen molar-refractivity contribution in [3.63, 3.8) is 0 Å². The summed E-state index contributed by atoms with van der Waals surface area (Å²) in [5.41, 5.74) is 0. The van der Waals surface area contributed by atoms with E-state index in [1.165, 1.54) is 38.8 Å². The van der Waals surface area contributed by atoms with Crippen molar-refractivity contribution in [2.45, 2.75) is 44.7 Å². The topological polar surface area (TPSA) is 24.5 Å². The van der Waals surface area contributed by atoms with Crippen LogP contribution in [0.4, 0.5) is 0 Å². The van der Waals surface area contributed by atoms with Gasteiger partial charge in [-0.15, -0.1) is 0 Å². The van der Waals surface area contributed by atoms with Crippen molar-refractivity contribution in [3.05, 3.63) is 0 Å². The summed E-state index contributed by atoms with van der Waals surface area (Å²) in [6.07, 6.45) is 5.44. The van der Waals surface area contributed by atoms with Gasteiger partial charge in [-0.1, -0.05) is 6.42 Å². The Labute approximate surface area is 93.2 Å². The van der Waals surface area contributed by atoms with Crippen molar-refractivity contribution in [1.29, 1.82) is 0 Å². The Kier molecular flexibility index (Phi) is 4.42. The third-order valence-electron chi connectivity index (χ3n) is 3.64. The van der Waals surface area contributed by atoms with Gasteiger partial charge in [0.2, 0.25) is 0 Å². The number of likely N-dealkylation sites (tertiary alicyclic amines) is 1. The van der Waals surface area contributed by atoms with E-state index in [1.54, 1.807) is 0 Å². The second-order valence-electron chi connectivity index (χ2n) is 4.91. The molecule has 0 radical (unpaired) electrons. The molecule has 2 rings (SSSR count). The van der Waals surface area contributed by atoms with Gasteiger partial charge in [-0.3, -0.25) is 0 Å². The highest BCUT2D eigenvalue weighted by Crippen LogP contribution is 2.15. The van der Waals surface area contributed by atoms with E-state index in [0.29, 0.717) is 12.1 Å². The normalized spacial score (nSPS) is 31.4. The summed E-state index contributed by atoms with van der Waals surface area (Å²) < 4.78 is 5.49. The van der Waals surface area contributed by atoms with Crippen molar-refractivity contribution in [3.8, 4) is 0 Å². The van der Waals surface area contributed by atoms with Crippen molar-refractivity contribution < 1.29 is 4.74 Å². The van der Waals surface area contributed by atoms with Gasteiger partial charge in [0.1, 0.15) is 0 Å². The van der Waals surface area contributed by atoms with Gasteiger partial charge in [0.15, 0.2) is 0 Å². The van der Waals surface area contributed by atoms with Crippen LogP contribution in [0.2, 0.25) is 0 Å². The Bertz CT molecular complexity index is 174. The molecule has 2 aliphatic rings. The van der Waals surface area contributed by atoms with Crippen LogP contribution in [0.5, 0.6) is 0 Å². The molecule has 0 spiro atoms. The SMILES string of the molecule is CC(CC1COCCN1)N1CCCCC1. The molecule has 0 aromatic rings. The smallest absolute Gasteiger partial charge is 0.0620 e. The molecule has 2 fully saturated rings. The van der Waals surface area contributed by atoms with Crippen LogP contribution < -0.4 is 5.32 Å². The van der Waals surface area contributed by atoms with Gasteiger partial charge in [-0.05, 0) is 39.3 Å². The van der Waals surface area contributed by atoms with E-state index in [9.17, 15) is 0 Å². The van der Waals surface area contributed by atoms with Gasteiger partial charge in [-0.2, -0.15) is 0 Å². The van der Waals surface area contributed by atoms with Gasteiger partial charge >= 0.3 is 0 Å². The molecule has 0 aliphatic carbocycles. The zero-order valence-electron chi connectivity index (χ0n) is 9.87. The average Bonchev–Trinajstić information content (AvgIpc) is 2.31. The molecule has 1 N–H and O–H groups in total. The summed E-state index contributed by atoms with van der Waals surface area (Å²) in [7, 11) is 0. The van der Waals surface area contributed by atoms with Crippen LogP contribution in [0.3, 0.4) is 0 Å². The first-order chi connectivity index (χ1) is 7.36. The average molecular weight is 212 g/mol. The largest absolute Gasteiger partial charge is 0.379 e. The van der Waals surface area contributed by atoms with Crippen molar-refractivity contribution in [1.82, 2.24) is 10.2 Å². The van der Waals surface area contributed by atoms with Gasteiger partial charge in [0.05, 0.1) is 13.2 Å². The lowest BCUT2D eigenvalue weighted by Gasteiger charge is -2.35. The fraction of sp³-hybridized carbons (Fsp3) is 1.00. The van der Waals surface area contributed by atoms with E-state index in [4.69, 9.17) is 4.74 Å². The van der Waals surface area contributed by atoms with E-state index in [2.05, 4.69) is 17.1 Å². The first-order valence-corrected chi connectivity index (χ1v) is 6.41. The molecule has 3 heteroatoms. The molecule has 15 heavy (non-hydrogen) atoms. The summed E-state index contributed by atoms with van der Waals surface area (Å²) in [6, 6.07) is 1.29. The van der Waals surface area contributed by atoms with E-state index >= 15 is 0 Å². The monoisotopic (exact) mass is 212 g/mol. The highest BCUT2D eigenvalue weighted by Gasteiger charge is 2.21. The Hall–Kier alpha value is -0.120. The first kappa shape index (κ1) is 11.4. The minimum absolute atomic E-state index is 0.579. The van der Waals surface area contributed by atoms with Gasteiger partial charge in [0, 0.05) is 18.6 Å². The van der Waals surface area contributed by atoms with Crippen molar-refractivity contribution >= 4 is 0 Å². The second-order valence-corrected chi connectivity index (χ2v) is 4.91. The molecule has 0 amide bonds. The number of nitrogens with zero attached hydrogens (tertiary/aromatic N) is 1. The molecule has 0 aromatic carbocycles. The van der Waals surface area contributed by atoms with Crippen LogP contribution in [0.15, 0.2) is 0 Å². The number of morpholine rings is 1. The molecule has 2 heterocycles.